The molecule has 0 aliphatic carbocycles. The highest BCUT2D eigenvalue weighted by Crippen LogP contribution is 2.01. The lowest BCUT2D eigenvalue weighted by atomic mass is 10.0. The van der Waals surface area contributed by atoms with Crippen molar-refractivity contribution in [3.8, 4) is 0 Å². The van der Waals surface area contributed by atoms with Crippen LogP contribution in [0, 0.1) is 0 Å². The van der Waals surface area contributed by atoms with Gasteiger partial charge in [0, 0.05) is 6.42 Å². The van der Waals surface area contributed by atoms with Crippen molar-refractivity contribution in [2.24, 2.45) is 0 Å². The molecule has 2 aliphatic rings. The van der Waals surface area contributed by atoms with Crippen LogP contribution in [0.3, 0.4) is 0 Å². The minimum atomic E-state index is 1.02. The van der Waals surface area contributed by atoms with Gasteiger partial charge in [0.05, 0.1) is 6.54 Å². The normalized spacial score (nSPS) is 40.8. The Balaban J connectivity index is 1.93. The van der Waals surface area contributed by atoms with E-state index in [0.717, 1.165) is 6.04 Å². The lowest BCUT2D eigenvalue weighted by Crippen LogP contribution is -3.24. The molecule has 2 saturated heterocycles. The second-order valence-electron chi connectivity index (χ2n) is 3.66. The van der Waals surface area contributed by atoms with Crippen molar-refractivity contribution in [1.29, 1.82) is 0 Å². The van der Waals surface area contributed by atoms with Crippen LogP contribution in [0.1, 0.15) is 19.3 Å². The Labute approximate surface area is 62.6 Å². The number of piperazine rings is 1. The second-order valence-corrected chi connectivity index (χ2v) is 3.66. The van der Waals surface area contributed by atoms with Gasteiger partial charge < -0.3 is 10.2 Å². The van der Waals surface area contributed by atoms with Crippen LogP contribution in [0.4, 0.5) is 0 Å². The molecule has 2 heteroatoms. The SMILES string of the molecule is C1CC[NH+]2CC[NH2+]C[C@H]2C1. The van der Waals surface area contributed by atoms with Crippen molar-refractivity contribution in [3.63, 3.8) is 0 Å². The summed E-state index contributed by atoms with van der Waals surface area (Å²) in [4.78, 5) is 1.90. The zero-order valence-corrected chi connectivity index (χ0v) is 6.60. The Kier molecular flexibility index (Phi) is 1.91. The molecule has 2 atom stereocenters. The number of piperidine rings is 1. The first kappa shape index (κ1) is 6.62. The fourth-order valence-corrected chi connectivity index (χ4v) is 2.37. The van der Waals surface area contributed by atoms with Gasteiger partial charge >= 0.3 is 0 Å². The Morgan fingerprint density at radius 3 is 3.10 bits per heavy atom. The number of quaternary nitrogens is 2. The molecule has 0 bridgehead atoms. The monoisotopic (exact) mass is 142 g/mol. The quantitative estimate of drug-likeness (QED) is 0.390. The second kappa shape index (κ2) is 2.89. The molecule has 58 valence electrons. The average molecular weight is 142 g/mol. The molecule has 2 nitrogen and oxygen atoms in total. The average Bonchev–Trinajstić information content (AvgIpc) is 2.05. The van der Waals surface area contributed by atoms with Crippen LogP contribution in [0.25, 0.3) is 0 Å². The van der Waals surface area contributed by atoms with E-state index in [4.69, 9.17) is 0 Å². The van der Waals surface area contributed by atoms with Crippen molar-refractivity contribution in [3.05, 3.63) is 0 Å². The van der Waals surface area contributed by atoms with Crippen LogP contribution < -0.4 is 10.2 Å². The summed E-state index contributed by atoms with van der Waals surface area (Å²) < 4.78 is 0. The Morgan fingerprint density at radius 1 is 1.20 bits per heavy atom. The highest BCUT2D eigenvalue weighted by Gasteiger charge is 2.30. The van der Waals surface area contributed by atoms with E-state index in [1.165, 1.54) is 45.4 Å². The topological polar surface area (TPSA) is 21.1 Å². The zero-order chi connectivity index (χ0) is 6.81. The van der Waals surface area contributed by atoms with E-state index in [0.29, 0.717) is 0 Å². The Morgan fingerprint density at radius 2 is 2.20 bits per heavy atom. The molecule has 0 spiro atoms. The van der Waals surface area contributed by atoms with Gasteiger partial charge in [-0.2, -0.15) is 0 Å². The standard InChI is InChI=1S/C8H16N2/c1-2-5-10-6-4-9-7-8(10)3-1/h8-9H,1-7H2/p+2/t8-/m1/s1. The van der Waals surface area contributed by atoms with Crippen LogP contribution >= 0.6 is 0 Å². The van der Waals surface area contributed by atoms with E-state index >= 15 is 0 Å². The first-order valence-corrected chi connectivity index (χ1v) is 4.63. The predicted molar refractivity (Wildman–Crippen MR) is 40.0 cm³/mol. The van der Waals surface area contributed by atoms with Crippen LogP contribution in [0.15, 0.2) is 0 Å². The molecule has 2 aliphatic heterocycles. The summed E-state index contributed by atoms with van der Waals surface area (Å²) in [7, 11) is 0. The molecule has 3 N–H and O–H groups in total. The minimum absolute atomic E-state index is 1.02. The van der Waals surface area contributed by atoms with E-state index < -0.39 is 0 Å². The third-order valence-corrected chi connectivity index (χ3v) is 3.00. The summed E-state index contributed by atoms with van der Waals surface area (Å²) in [6, 6.07) is 1.02. The van der Waals surface area contributed by atoms with Crippen LogP contribution in [-0.4, -0.2) is 32.2 Å². The maximum Gasteiger partial charge on any atom is 0.137 e. The maximum atomic E-state index is 2.49. The smallest absolute Gasteiger partial charge is 0.137 e. The van der Waals surface area contributed by atoms with Gasteiger partial charge in [-0.3, -0.25) is 0 Å². The Bertz CT molecular complexity index is 87.8. The number of hydrogen-bond acceptors (Lipinski definition) is 0. The summed E-state index contributed by atoms with van der Waals surface area (Å²) in [5, 5.41) is 2.49. The van der Waals surface area contributed by atoms with Gasteiger partial charge in [-0.25, -0.2) is 0 Å². The lowest BCUT2D eigenvalue weighted by Gasteiger charge is -2.34. The number of fused-ring (bicyclic) bond motifs is 1. The van der Waals surface area contributed by atoms with Crippen molar-refractivity contribution in [2.45, 2.75) is 25.3 Å². The molecule has 0 aromatic carbocycles. The lowest BCUT2D eigenvalue weighted by molar-refractivity contribution is -0.975. The highest BCUT2D eigenvalue weighted by molar-refractivity contribution is 4.60. The first-order chi connectivity index (χ1) is 4.97. The summed E-state index contributed by atoms with van der Waals surface area (Å²) in [5.41, 5.74) is 0. The molecule has 2 rings (SSSR count). The van der Waals surface area contributed by atoms with Crippen molar-refractivity contribution < 1.29 is 10.2 Å². The van der Waals surface area contributed by atoms with E-state index in [2.05, 4.69) is 5.32 Å². The molecule has 0 aromatic heterocycles. The third-order valence-electron chi connectivity index (χ3n) is 3.00. The highest BCUT2D eigenvalue weighted by atomic mass is 15.2. The first-order valence-electron chi connectivity index (χ1n) is 4.63. The van der Waals surface area contributed by atoms with Crippen molar-refractivity contribution in [1.82, 2.24) is 0 Å². The molecule has 1 unspecified atom stereocenters. The third kappa shape index (κ3) is 1.18. The van der Waals surface area contributed by atoms with Crippen LogP contribution in [-0.2, 0) is 0 Å². The predicted octanol–water partition coefficient (Wildman–Crippen LogP) is -2.00. The molecule has 2 fully saturated rings. The van der Waals surface area contributed by atoms with Gasteiger partial charge in [0.1, 0.15) is 25.7 Å². The van der Waals surface area contributed by atoms with Gasteiger partial charge in [-0.15, -0.1) is 0 Å². The summed E-state index contributed by atoms with van der Waals surface area (Å²) >= 11 is 0. The molecule has 0 amide bonds. The van der Waals surface area contributed by atoms with E-state index in [1.807, 2.05) is 4.90 Å². The van der Waals surface area contributed by atoms with E-state index in [1.54, 1.807) is 0 Å². The largest absolute Gasteiger partial charge is 0.337 e. The van der Waals surface area contributed by atoms with Gasteiger partial charge in [0.15, 0.2) is 0 Å². The number of hydrogen-bond donors (Lipinski definition) is 2. The van der Waals surface area contributed by atoms with Crippen molar-refractivity contribution in [2.75, 3.05) is 26.2 Å². The fraction of sp³-hybridized carbons (Fsp3) is 1.00. The maximum absolute atomic E-state index is 2.49. The number of rotatable bonds is 0. The van der Waals surface area contributed by atoms with Crippen LogP contribution in [0.2, 0.25) is 0 Å². The van der Waals surface area contributed by atoms with Gasteiger partial charge in [-0.05, 0) is 12.8 Å². The number of nitrogens with one attached hydrogen (secondary N) is 1. The van der Waals surface area contributed by atoms with E-state index in [9.17, 15) is 0 Å². The minimum Gasteiger partial charge on any atom is -0.337 e. The molecule has 0 aromatic rings. The molecule has 0 saturated carbocycles. The zero-order valence-electron chi connectivity index (χ0n) is 6.60. The summed E-state index contributed by atoms with van der Waals surface area (Å²) in [5.74, 6) is 0. The molecular formula is C8H18N2+2. The van der Waals surface area contributed by atoms with Gasteiger partial charge in [-0.1, -0.05) is 0 Å². The van der Waals surface area contributed by atoms with Gasteiger partial charge in [0.2, 0.25) is 0 Å². The Hall–Kier alpha value is -0.0800. The molecule has 10 heavy (non-hydrogen) atoms. The summed E-state index contributed by atoms with van der Waals surface area (Å²) in [6.45, 7) is 5.64. The van der Waals surface area contributed by atoms with E-state index in [-0.39, 0.29) is 0 Å². The number of nitrogens with two attached hydrogens (primary N) is 1. The molecule has 0 radical (unpaired) electrons. The molecular weight excluding hydrogens is 124 g/mol. The fourth-order valence-electron chi connectivity index (χ4n) is 2.37. The summed E-state index contributed by atoms with van der Waals surface area (Å²) in [6.07, 6.45) is 4.46. The van der Waals surface area contributed by atoms with Crippen molar-refractivity contribution >= 4 is 0 Å². The van der Waals surface area contributed by atoms with Crippen LogP contribution in [0.5, 0.6) is 0 Å². The van der Waals surface area contributed by atoms with Gasteiger partial charge in [0.25, 0.3) is 0 Å². The molecule has 2 heterocycles.